The number of fused-ring (bicyclic) bond motifs is 1. The number of benzene rings is 2. The Morgan fingerprint density at radius 3 is 2.14 bits per heavy atom. The van der Waals surface area contributed by atoms with Crippen LogP contribution in [0.5, 0.6) is 0 Å². The SMILES string of the molecule is COC(=O)c1nc2cc(C)c(C)cc2nc1-c1ccccc1. The average molecular weight is 292 g/mol. The number of nitrogens with zero attached hydrogens (tertiary/aromatic N) is 2. The van der Waals surface area contributed by atoms with Crippen LogP contribution in [-0.4, -0.2) is 23.0 Å². The predicted molar refractivity (Wildman–Crippen MR) is 85.8 cm³/mol. The summed E-state index contributed by atoms with van der Waals surface area (Å²) >= 11 is 0. The van der Waals surface area contributed by atoms with E-state index in [9.17, 15) is 4.79 Å². The van der Waals surface area contributed by atoms with Crippen molar-refractivity contribution in [3.63, 3.8) is 0 Å². The molecule has 0 aliphatic heterocycles. The van der Waals surface area contributed by atoms with Crippen molar-refractivity contribution in [2.24, 2.45) is 0 Å². The molecule has 0 spiro atoms. The van der Waals surface area contributed by atoms with Crippen LogP contribution in [-0.2, 0) is 4.74 Å². The lowest BCUT2D eigenvalue weighted by Gasteiger charge is -2.10. The molecule has 0 radical (unpaired) electrons. The van der Waals surface area contributed by atoms with Crippen LogP contribution in [0, 0.1) is 13.8 Å². The molecular formula is C18H16N2O2. The maximum absolute atomic E-state index is 12.1. The fourth-order valence-electron chi connectivity index (χ4n) is 2.35. The molecule has 4 heteroatoms. The van der Waals surface area contributed by atoms with Gasteiger partial charge >= 0.3 is 5.97 Å². The minimum atomic E-state index is -0.480. The molecule has 3 rings (SSSR count). The number of esters is 1. The van der Waals surface area contributed by atoms with Crippen LogP contribution in [0.4, 0.5) is 0 Å². The summed E-state index contributed by atoms with van der Waals surface area (Å²) in [4.78, 5) is 21.2. The van der Waals surface area contributed by atoms with Gasteiger partial charge in [0.15, 0.2) is 5.69 Å². The maximum Gasteiger partial charge on any atom is 0.358 e. The minimum absolute atomic E-state index is 0.240. The van der Waals surface area contributed by atoms with Crippen molar-refractivity contribution in [2.75, 3.05) is 7.11 Å². The Balaban J connectivity index is 2.33. The zero-order chi connectivity index (χ0) is 15.7. The number of carbonyl (C=O) groups excluding carboxylic acids is 1. The second-order valence-electron chi connectivity index (χ2n) is 5.20. The van der Waals surface area contributed by atoms with E-state index in [1.807, 2.05) is 56.3 Å². The minimum Gasteiger partial charge on any atom is -0.464 e. The number of carbonyl (C=O) groups is 1. The van der Waals surface area contributed by atoms with E-state index in [0.29, 0.717) is 11.2 Å². The zero-order valence-corrected chi connectivity index (χ0v) is 12.8. The molecule has 0 atom stereocenters. The molecule has 110 valence electrons. The van der Waals surface area contributed by atoms with Crippen molar-refractivity contribution in [3.8, 4) is 11.3 Å². The molecule has 22 heavy (non-hydrogen) atoms. The number of hydrogen-bond acceptors (Lipinski definition) is 4. The molecule has 0 aliphatic carbocycles. The first-order valence-corrected chi connectivity index (χ1v) is 7.03. The van der Waals surface area contributed by atoms with E-state index >= 15 is 0 Å². The Labute approximate surface area is 128 Å². The van der Waals surface area contributed by atoms with E-state index in [1.165, 1.54) is 7.11 Å². The summed E-state index contributed by atoms with van der Waals surface area (Å²) in [5, 5.41) is 0. The second kappa shape index (κ2) is 5.56. The molecule has 0 saturated carbocycles. The molecular weight excluding hydrogens is 276 g/mol. The molecule has 0 saturated heterocycles. The van der Waals surface area contributed by atoms with E-state index in [2.05, 4.69) is 9.97 Å². The Bertz CT molecular complexity index is 858. The summed E-state index contributed by atoms with van der Waals surface area (Å²) in [5.74, 6) is -0.480. The molecule has 1 heterocycles. The Kier molecular flexibility index (Phi) is 3.59. The number of hydrogen-bond donors (Lipinski definition) is 0. The fraction of sp³-hybridized carbons (Fsp3) is 0.167. The molecule has 0 aliphatic rings. The van der Waals surface area contributed by atoms with Crippen molar-refractivity contribution >= 4 is 17.0 Å². The molecule has 1 aromatic heterocycles. The van der Waals surface area contributed by atoms with Crippen molar-refractivity contribution in [2.45, 2.75) is 13.8 Å². The Morgan fingerprint density at radius 1 is 0.955 bits per heavy atom. The van der Waals surface area contributed by atoms with Gasteiger partial charge in [-0.15, -0.1) is 0 Å². The lowest BCUT2D eigenvalue weighted by molar-refractivity contribution is 0.0595. The summed E-state index contributed by atoms with van der Waals surface area (Å²) < 4.78 is 4.86. The van der Waals surface area contributed by atoms with Gasteiger partial charge in [-0.25, -0.2) is 14.8 Å². The van der Waals surface area contributed by atoms with Gasteiger partial charge in [0.2, 0.25) is 0 Å². The first-order chi connectivity index (χ1) is 10.6. The van der Waals surface area contributed by atoms with Gasteiger partial charge in [-0.2, -0.15) is 0 Å². The normalized spacial score (nSPS) is 10.7. The highest BCUT2D eigenvalue weighted by Crippen LogP contribution is 2.25. The van der Waals surface area contributed by atoms with Gasteiger partial charge in [0.1, 0.15) is 5.69 Å². The van der Waals surface area contributed by atoms with E-state index in [4.69, 9.17) is 4.74 Å². The number of aromatic nitrogens is 2. The topological polar surface area (TPSA) is 52.1 Å². The summed E-state index contributed by atoms with van der Waals surface area (Å²) in [5.41, 5.74) is 5.36. The highest BCUT2D eigenvalue weighted by atomic mass is 16.5. The second-order valence-corrected chi connectivity index (χ2v) is 5.20. The van der Waals surface area contributed by atoms with Gasteiger partial charge in [-0.1, -0.05) is 30.3 Å². The van der Waals surface area contributed by atoms with Crippen LogP contribution in [0.2, 0.25) is 0 Å². The van der Waals surface area contributed by atoms with E-state index in [-0.39, 0.29) is 5.69 Å². The van der Waals surface area contributed by atoms with Crippen LogP contribution >= 0.6 is 0 Å². The van der Waals surface area contributed by atoms with Crippen LogP contribution in [0.1, 0.15) is 21.6 Å². The van der Waals surface area contributed by atoms with Crippen LogP contribution in [0.25, 0.3) is 22.3 Å². The van der Waals surface area contributed by atoms with E-state index in [0.717, 1.165) is 22.2 Å². The molecule has 0 fully saturated rings. The Hall–Kier alpha value is -2.75. The third-order valence-corrected chi connectivity index (χ3v) is 3.71. The van der Waals surface area contributed by atoms with Gasteiger partial charge in [0.05, 0.1) is 18.1 Å². The summed E-state index contributed by atoms with van der Waals surface area (Å²) in [6, 6.07) is 13.5. The summed E-state index contributed by atoms with van der Waals surface area (Å²) in [6.07, 6.45) is 0. The standard InChI is InChI=1S/C18H16N2O2/c1-11-9-14-15(10-12(11)2)20-17(18(21)22-3)16(19-14)13-7-5-4-6-8-13/h4-10H,1-3H3. The number of aryl methyl sites for hydroxylation is 2. The molecule has 0 N–H and O–H groups in total. The first-order valence-electron chi connectivity index (χ1n) is 7.03. The largest absolute Gasteiger partial charge is 0.464 e. The monoisotopic (exact) mass is 292 g/mol. The van der Waals surface area contributed by atoms with Gasteiger partial charge < -0.3 is 4.74 Å². The Morgan fingerprint density at radius 2 is 1.55 bits per heavy atom. The quantitative estimate of drug-likeness (QED) is 0.676. The lowest BCUT2D eigenvalue weighted by Crippen LogP contribution is -2.09. The molecule has 4 nitrogen and oxygen atoms in total. The highest BCUT2D eigenvalue weighted by molar-refractivity contribution is 5.96. The number of ether oxygens (including phenoxy) is 1. The predicted octanol–water partition coefficient (Wildman–Crippen LogP) is 3.70. The molecule has 2 aromatic carbocycles. The van der Waals surface area contributed by atoms with Crippen LogP contribution in [0.15, 0.2) is 42.5 Å². The number of methoxy groups -OCH3 is 1. The zero-order valence-electron chi connectivity index (χ0n) is 12.8. The van der Waals surface area contributed by atoms with E-state index < -0.39 is 5.97 Å². The molecule has 0 bridgehead atoms. The van der Waals surface area contributed by atoms with E-state index in [1.54, 1.807) is 0 Å². The maximum atomic E-state index is 12.1. The van der Waals surface area contributed by atoms with Crippen LogP contribution < -0.4 is 0 Å². The fourth-order valence-corrected chi connectivity index (χ4v) is 2.35. The summed E-state index contributed by atoms with van der Waals surface area (Å²) in [7, 11) is 1.35. The van der Waals surface area contributed by atoms with Gasteiger partial charge in [0.25, 0.3) is 0 Å². The van der Waals surface area contributed by atoms with Gasteiger partial charge in [0, 0.05) is 5.56 Å². The third-order valence-electron chi connectivity index (χ3n) is 3.71. The highest BCUT2D eigenvalue weighted by Gasteiger charge is 2.18. The van der Waals surface area contributed by atoms with Crippen molar-refractivity contribution in [1.29, 1.82) is 0 Å². The average Bonchev–Trinajstić information content (AvgIpc) is 2.55. The van der Waals surface area contributed by atoms with Crippen molar-refractivity contribution < 1.29 is 9.53 Å². The first kappa shape index (κ1) is 14.2. The van der Waals surface area contributed by atoms with Crippen molar-refractivity contribution in [3.05, 3.63) is 59.3 Å². The van der Waals surface area contributed by atoms with Crippen molar-refractivity contribution in [1.82, 2.24) is 9.97 Å². The smallest absolute Gasteiger partial charge is 0.358 e. The molecule has 0 unspecified atom stereocenters. The van der Waals surface area contributed by atoms with Gasteiger partial charge in [-0.3, -0.25) is 0 Å². The molecule has 3 aromatic rings. The van der Waals surface area contributed by atoms with Crippen LogP contribution in [0.3, 0.4) is 0 Å². The summed E-state index contributed by atoms with van der Waals surface area (Å²) in [6.45, 7) is 4.05. The lowest BCUT2D eigenvalue weighted by atomic mass is 10.1. The molecule has 0 amide bonds. The number of rotatable bonds is 2. The third kappa shape index (κ3) is 2.44. The van der Waals surface area contributed by atoms with Gasteiger partial charge in [-0.05, 0) is 37.1 Å².